The van der Waals surface area contributed by atoms with Crippen LogP contribution in [0, 0.1) is 0 Å². The molecule has 0 atom stereocenters. The average molecular weight is 298 g/mol. The Balaban J connectivity index is 2.20. The van der Waals surface area contributed by atoms with Crippen molar-refractivity contribution in [3.8, 4) is 0 Å². The number of thiol groups is 1. The van der Waals surface area contributed by atoms with E-state index >= 15 is 0 Å². The largest absolute Gasteiger partial charge is 0.342 e. The minimum absolute atomic E-state index is 0.000191. The first kappa shape index (κ1) is 13.9. The Labute approximate surface area is 115 Å². The van der Waals surface area contributed by atoms with Crippen molar-refractivity contribution in [3.05, 3.63) is 47.2 Å². The first-order chi connectivity index (χ1) is 9.03. The van der Waals surface area contributed by atoms with Gasteiger partial charge in [0.25, 0.3) is 0 Å². The summed E-state index contributed by atoms with van der Waals surface area (Å²) in [6, 6.07) is 6.43. The van der Waals surface area contributed by atoms with Crippen molar-refractivity contribution in [2.75, 3.05) is 0 Å². The number of rotatable bonds is 4. The molecule has 1 heterocycles. The molecule has 0 spiro atoms. The standard InChI is InChI=1S/C13H14O4S2/c1-2-13(14)17-19(15,16)12-7-5-11(6-8-12)18-9-3-4-10-18/h3-10,18H,2H2,1H3. The van der Waals surface area contributed by atoms with Gasteiger partial charge in [0.15, 0.2) is 0 Å². The minimum Gasteiger partial charge on any atom is -0.342 e. The quantitative estimate of drug-likeness (QED) is 0.686. The van der Waals surface area contributed by atoms with E-state index in [-0.39, 0.29) is 11.3 Å². The highest BCUT2D eigenvalue weighted by Gasteiger charge is 2.19. The lowest BCUT2D eigenvalue weighted by Crippen LogP contribution is -2.12. The number of carbonyl (C=O) groups is 1. The molecule has 6 heteroatoms. The van der Waals surface area contributed by atoms with Crippen LogP contribution in [-0.4, -0.2) is 14.4 Å². The molecule has 0 saturated heterocycles. The van der Waals surface area contributed by atoms with E-state index in [1.165, 1.54) is 12.1 Å². The van der Waals surface area contributed by atoms with E-state index in [9.17, 15) is 13.2 Å². The van der Waals surface area contributed by atoms with Crippen LogP contribution in [0.15, 0.2) is 57.0 Å². The number of carbonyl (C=O) groups excluding carboxylic acids is 1. The predicted molar refractivity (Wildman–Crippen MR) is 75.5 cm³/mol. The number of hydrogen-bond acceptors (Lipinski definition) is 4. The molecule has 102 valence electrons. The molecule has 0 bridgehead atoms. The first-order valence-electron chi connectivity index (χ1n) is 5.73. The lowest BCUT2D eigenvalue weighted by molar-refractivity contribution is -0.133. The Hall–Kier alpha value is -1.53. The van der Waals surface area contributed by atoms with Crippen LogP contribution in [0.3, 0.4) is 0 Å². The average Bonchev–Trinajstić information content (AvgIpc) is 2.92. The number of benzene rings is 1. The fourth-order valence-corrected chi connectivity index (χ4v) is 3.96. The van der Waals surface area contributed by atoms with Crippen molar-refractivity contribution in [2.24, 2.45) is 0 Å². The second-order valence-corrected chi connectivity index (χ2v) is 7.32. The Bertz CT molecular complexity index is 615. The van der Waals surface area contributed by atoms with Gasteiger partial charge in [0.05, 0.1) is 0 Å². The van der Waals surface area contributed by atoms with E-state index in [0.717, 1.165) is 4.90 Å². The lowest BCUT2D eigenvalue weighted by Gasteiger charge is -2.11. The van der Waals surface area contributed by atoms with Gasteiger partial charge in [-0.1, -0.05) is 19.1 Å². The molecule has 0 saturated carbocycles. The second kappa shape index (κ2) is 5.63. The summed E-state index contributed by atoms with van der Waals surface area (Å²) in [4.78, 5) is 12.1. The maximum absolute atomic E-state index is 11.8. The molecule has 1 aliphatic rings. The molecular weight excluding hydrogens is 284 g/mol. The van der Waals surface area contributed by atoms with Crippen LogP contribution < -0.4 is 0 Å². The van der Waals surface area contributed by atoms with Gasteiger partial charge in [-0.25, -0.2) is 0 Å². The number of hydrogen-bond donors (Lipinski definition) is 1. The Morgan fingerprint density at radius 3 is 2.26 bits per heavy atom. The Kier molecular flexibility index (Phi) is 4.11. The SMILES string of the molecule is CCC(=O)OS(=O)(=O)c1ccc([SH]2C=CC=C2)cc1. The summed E-state index contributed by atoms with van der Waals surface area (Å²) in [6.45, 7) is 1.54. The normalized spacial score (nSPS) is 15.7. The van der Waals surface area contributed by atoms with Gasteiger partial charge in [-0.3, -0.25) is 4.79 Å². The molecule has 1 aromatic rings. The fraction of sp³-hybridized carbons (Fsp3) is 0.154. The fourth-order valence-electron chi connectivity index (χ4n) is 1.52. The number of allylic oxidation sites excluding steroid dienone is 2. The van der Waals surface area contributed by atoms with Crippen LogP contribution in [0.4, 0.5) is 0 Å². The molecule has 0 fully saturated rings. The third kappa shape index (κ3) is 3.27. The third-order valence-corrected chi connectivity index (χ3v) is 5.66. The predicted octanol–water partition coefficient (Wildman–Crippen LogP) is 2.73. The molecule has 0 N–H and O–H groups in total. The van der Waals surface area contributed by atoms with Gasteiger partial charge in [-0.05, 0) is 40.0 Å². The molecule has 4 nitrogen and oxygen atoms in total. The maximum atomic E-state index is 11.8. The maximum Gasteiger partial charge on any atom is 0.341 e. The van der Waals surface area contributed by atoms with E-state index in [0.29, 0.717) is 0 Å². The second-order valence-electron chi connectivity index (χ2n) is 3.85. The van der Waals surface area contributed by atoms with Gasteiger partial charge >= 0.3 is 16.1 Å². The first-order valence-corrected chi connectivity index (χ1v) is 8.62. The summed E-state index contributed by atoms with van der Waals surface area (Å²) in [5.74, 6) is -0.755. The summed E-state index contributed by atoms with van der Waals surface area (Å²) in [5.41, 5.74) is 0. The zero-order chi connectivity index (χ0) is 13.9. The van der Waals surface area contributed by atoms with Gasteiger partial charge in [-0.2, -0.15) is 19.3 Å². The van der Waals surface area contributed by atoms with Crippen molar-refractivity contribution < 1.29 is 17.4 Å². The third-order valence-electron chi connectivity index (χ3n) is 2.52. The van der Waals surface area contributed by atoms with Gasteiger partial charge in [-0.15, -0.1) is 0 Å². The van der Waals surface area contributed by atoms with E-state index in [1.54, 1.807) is 19.1 Å². The van der Waals surface area contributed by atoms with Crippen LogP contribution in [-0.2, 0) is 19.1 Å². The molecule has 1 aromatic carbocycles. The molecule has 1 aliphatic heterocycles. The summed E-state index contributed by atoms with van der Waals surface area (Å²) in [6.07, 6.45) is 3.97. The zero-order valence-corrected chi connectivity index (χ0v) is 12.0. The van der Waals surface area contributed by atoms with Gasteiger partial charge in [0.2, 0.25) is 0 Å². The van der Waals surface area contributed by atoms with Gasteiger partial charge in [0.1, 0.15) is 4.90 Å². The zero-order valence-electron chi connectivity index (χ0n) is 10.3. The highest BCUT2D eigenvalue weighted by molar-refractivity contribution is 8.22. The Morgan fingerprint density at radius 2 is 1.74 bits per heavy atom. The molecule has 0 radical (unpaired) electrons. The van der Waals surface area contributed by atoms with Crippen LogP contribution in [0.5, 0.6) is 0 Å². The van der Waals surface area contributed by atoms with Gasteiger partial charge in [0, 0.05) is 6.42 Å². The highest BCUT2D eigenvalue weighted by atomic mass is 32.2. The van der Waals surface area contributed by atoms with E-state index in [4.69, 9.17) is 0 Å². The Morgan fingerprint density at radius 1 is 1.16 bits per heavy atom. The molecule has 0 aliphatic carbocycles. The molecular formula is C13H14O4S2. The summed E-state index contributed by atoms with van der Waals surface area (Å²) < 4.78 is 28.0. The minimum atomic E-state index is -3.99. The van der Waals surface area contributed by atoms with Crippen molar-refractivity contribution in [1.29, 1.82) is 0 Å². The lowest BCUT2D eigenvalue weighted by atomic mass is 10.4. The van der Waals surface area contributed by atoms with E-state index in [1.807, 2.05) is 12.2 Å². The van der Waals surface area contributed by atoms with Gasteiger partial charge < -0.3 is 4.18 Å². The van der Waals surface area contributed by atoms with E-state index in [2.05, 4.69) is 15.0 Å². The molecule has 0 amide bonds. The van der Waals surface area contributed by atoms with Crippen LogP contribution in [0.2, 0.25) is 0 Å². The monoisotopic (exact) mass is 298 g/mol. The van der Waals surface area contributed by atoms with Crippen molar-refractivity contribution in [1.82, 2.24) is 0 Å². The smallest absolute Gasteiger partial charge is 0.341 e. The molecule has 0 aromatic heterocycles. The molecule has 19 heavy (non-hydrogen) atoms. The highest BCUT2D eigenvalue weighted by Crippen LogP contribution is 2.41. The van der Waals surface area contributed by atoms with Crippen LogP contribution in [0.1, 0.15) is 13.3 Å². The topological polar surface area (TPSA) is 60.4 Å². The van der Waals surface area contributed by atoms with Crippen molar-refractivity contribution in [2.45, 2.75) is 23.1 Å². The van der Waals surface area contributed by atoms with Crippen LogP contribution in [0.25, 0.3) is 0 Å². The summed E-state index contributed by atoms with van der Waals surface area (Å²) >= 11 is 0. The van der Waals surface area contributed by atoms with E-state index < -0.39 is 27.0 Å². The van der Waals surface area contributed by atoms with Crippen LogP contribution >= 0.6 is 10.9 Å². The summed E-state index contributed by atoms with van der Waals surface area (Å²) in [7, 11) is -4.46. The summed E-state index contributed by atoms with van der Waals surface area (Å²) in [5, 5.41) is 4.16. The van der Waals surface area contributed by atoms with Crippen molar-refractivity contribution in [3.63, 3.8) is 0 Å². The van der Waals surface area contributed by atoms with Crippen molar-refractivity contribution >= 4 is 27.0 Å². The molecule has 2 rings (SSSR count). The molecule has 0 unspecified atom stereocenters.